The maximum atomic E-state index is 11.8. The second kappa shape index (κ2) is 15.9. The van der Waals surface area contributed by atoms with Crippen LogP contribution in [-0.4, -0.2) is 24.6 Å². The minimum atomic E-state index is -0.359. The fourth-order valence-corrected chi connectivity index (χ4v) is 3.25. The summed E-state index contributed by atoms with van der Waals surface area (Å²) in [6.45, 7) is 2.57. The van der Waals surface area contributed by atoms with Crippen LogP contribution in [0.4, 0.5) is 0 Å². The molecule has 33 heavy (non-hydrogen) atoms. The summed E-state index contributed by atoms with van der Waals surface area (Å²) < 4.78 is 5.74. The fourth-order valence-electron chi connectivity index (χ4n) is 3.13. The van der Waals surface area contributed by atoms with E-state index in [0.717, 1.165) is 36.1 Å². The molecule has 2 aromatic carbocycles. The molecule has 0 atom stereocenters. The quantitative estimate of drug-likeness (QED) is 0.201. The van der Waals surface area contributed by atoms with Crippen LogP contribution in [0.25, 0.3) is 0 Å². The standard InChI is InChI=1S/C26H34ClN3O3/c1-2-3-4-5-6-7-8-9-25(31)28-19-26(32)30-29-18-21-12-16-24(17-13-21)33-20-22-10-14-23(27)15-11-22/h10-18H,2-9,19-20H2,1H3,(H,28,31)(H,30,32). The largest absolute Gasteiger partial charge is 0.489 e. The van der Waals surface area contributed by atoms with Gasteiger partial charge in [0.05, 0.1) is 12.8 Å². The molecule has 6 nitrogen and oxygen atoms in total. The molecule has 0 saturated carbocycles. The van der Waals surface area contributed by atoms with Gasteiger partial charge in [-0.3, -0.25) is 9.59 Å². The molecule has 0 bridgehead atoms. The van der Waals surface area contributed by atoms with Crippen LogP contribution >= 0.6 is 11.6 Å². The van der Waals surface area contributed by atoms with Gasteiger partial charge in [-0.05, 0) is 53.9 Å². The summed E-state index contributed by atoms with van der Waals surface area (Å²) in [4.78, 5) is 23.7. The highest BCUT2D eigenvalue weighted by Crippen LogP contribution is 2.15. The van der Waals surface area contributed by atoms with E-state index in [2.05, 4.69) is 22.8 Å². The Morgan fingerprint density at radius 1 is 0.909 bits per heavy atom. The molecule has 178 valence electrons. The van der Waals surface area contributed by atoms with Crippen molar-refractivity contribution in [2.45, 2.75) is 64.9 Å². The first-order valence-electron chi connectivity index (χ1n) is 11.6. The zero-order chi connectivity index (χ0) is 23.7. The van der Waals surface area contributed by atoms with Crippen molar-refractivity contribution in [2.24, 2.45) is 5.10 Å². The number of halogens is 1. The Bertz CT molecular complexity index is 867. The van der Waals surface area contributed by atoms with Crippen LogP contribution in [0.15, 0.2) is 53.6 Å². The van der Waals surface area contributed by atoms with Gasteiger partial charge in [0, 0.05) is 11.4 Å². The number of hydrazone groups is 1. The normalized spacial score (nSPS) is 10.8. The molecule has 7 heteroatoms. The average Bonchev–Trinajstić information content (AvgIpc) is 2.82. The molecule has 0 aliphatic rings. The molecule has 0 radical (unpaired) electrons. The summed E-state index contributed by atoms with van der Waals surface area (Å²) in [5.41, 5.74) is 4.27. The molecule has 0 heterocycles. The van der Waals surface area contributed by atoms with E-state index in [1.54, 1.807) is 6.21 Å². The third-order valence-corrected chi connectivity index (χ3v) is 5.31. The molecular weight excluding hydrogens is 438 g/mol. The highest BCUT2D eigenvalue weighted by molar-refractivity contribution is 6.30. The maximum Gasteiger partial charge on any atom is 0.259 e. The van der Waals surface area contributed by atoms with Crippen molar-refractivity contribution in [3.8, 4) is 5.75 Å². The van der Waals surface area contributed by atoms with Gasteiger partial charge < -0.3 is 10.1 Å². The molecule has 0 aliphatic heterocycles. The summed E-state index contributed by atoms with van der Waals surface area (Å²) >= 11 is 5.88. The van der Waals surface area contributed by atoms with Gasteiger partial charge >= 0.3 is 0 Å². The molecule has 0 aromatic heterocycles. The Kier molecular flexibility index (Phi) is 12.7. The van der Waals surface area contributed by atoms with Crippen LogP contribution in [0.3, 0.4) is 0 Å². The summed E-state index contributed by atoms with van der Waals surface area (Å²) in [5, 5.41) is 7.26. The number of nitrogens with zero attached hydrogens (tertiary/aromatic N) is 1. The second-order valence-electron chi connectivity index (χ2n) is 7.93. The van der Waals surface area contributed by atoms with Gasteiger partial charge in [0.15, 0.2) is 0 Å². The summed E-state index contributed by atoms with van der Waals surface area (Å²) in [6, 6.07) is 14.9. The molecule has 0 fully saturated rings. The van der Waals surface area contributed by atoms with Gasteiger partial charge in [-0.15, -0.1) is 0 Å². The molecule has 0 aliphatic carbocycles. The van der Waals surface area contributed by atoms with E-state index in [1.165, 1.54) is 25.7 Å². The number of carbonyl (C=O) groups excluding carboxylic acids is 2. The first-order chi connectivity index (χ1) is 16.1. The molecule has 0 saturated heterocycles. The third kappa shape index (κ3) is 12.1. The highest BCUT2D eigenvalue weighted by atomic mass is 35.5. The molecular formula is C26H34ClN3O3. The van der Waals surface area contributed by atoms with Crippen LogP contribution < -0.4 is 15.5 Å². The molecule has 2 N–H and O–H groups in total. The molecule has 0 unspecified atom stereocenters. The van der Waals surface area contributed by atoms with Crippen LogP contribution in [0.5, 0.6) is 5.75 Å². The topological polar surface area (TPSA) is 79.8 Å². The summed E-state index contributed by atoms with van der Waals surface area (Å²) in [7, 11) is 0. The number of carbonyl (C=O) groups is 2. The highest BCUT2D eigenvalue weighted by Gasteiger charge is 2.04. The first-order valence-corrected chi connectivity index (χ1v) is 12.0. The second-order valence-corrected chi connectivity index (χ2v) is 8.36. The first kappa shape index (κ1) is 26.4. The van der Waals surface area contributed by atoms with Crippen LogP contribution in [0.1, 0.15) is 69.4 Å². The molecule has 0 spiro atoms. The van der Waals surface area contributed by atoms with Gasteiger partial charge in [0.25, 0.3) is 5.91 Å². The number of amides is 2. The number of ether oxygens (including phenoxy) is 1. The predicted molar refractivity (Wildman–Crippen MR) is 134 cm³/mol. The predicted octanol–water partition coefficient (Wildman–Crippen LogP) is 5.63. The number of benzene rings is 2. The van der Waals surface area contributed by atoms with E-state index >= 15 is 0 Å². The number of unbranched alkanes of at least 4 members (excludes halogenated alkanes) is 6. The van der Waals surface area contributed by atoms with E-state index in [-0.39, 0.29) is 18.4 Å². The van der Waals surface area contributed by atoms with Crippen molar-refractivity contribution in [1.29, 1.82) is 0 Å². The van der Waals surface area contributed by atoms with E-state index in [0.29, 0.717) is 18.1 Å². The summed E-state index contributed by atoms with van der Waals surface area (Å²) in [6.07, 6.45) is 10.1. The lowest BCUT2D eigenvalue weighted by Gasteiger charge is -2.06. The van der Waals surface area contributed by atoms with Crippen molar-refractivity contribution in [2.75, 3.05) is 6.54 Å². The van der Waals surface area contributed by atoms with Crippen molar-refractivity contribution in [3.05, 3.63) is 64.7 Å². The molecule has 2 rings (SSSR count). The Labute approximate surface area is 201 Å². The van der Waals surface area contributed by atoms with Gasteiger partial charge in [0.2, 0.25) is 5.91 Å². The smallest absolute Gasteiger partial charge is 0.259 e. The zero-order valence-corrected chi connectivity index (χ0v) is 20.1. The van der Waals surface area contributed by atoms with E-state index in [1.807, 2.05) is 48.5 Å². The van der Waals surface area contributed by atoms with Gasteiger partial charge in [-0.25, -0.2) is 5.43 Å². The summed E-state index contributed by atoms with van der Waals surface area (Å²) in [5.74, 6) is 0.272. The SMILES string of the molecule is CCCCCCCCCC(=O)NCC(=O)NN=Cc1ccc(OCc2ccc(Cl)cc2)cc1. The number of nitrogens with one attached hydrogen (secondary N) is 2. The Hall–Kier alpha value is -2.86. The lowest BCUT2D eigenvalue weighted by Crippen LogP contribution is -2.34. The molecule has 2 amide bonds. The zero-order valence-electron chi connectivity index (χ0n) is 19.3. The third-order valence-electron chi connectivity index (χ3n) is 5.06. The van der Waals surface area contributed by atoms with Crippen molar-refractivity contribution >= 4 is 29.6 Å². The maximum absolute atomic E-state index is 11.8. The Morgan fingerprint density at radius 2 is 1.58 bits per heavy atom. The number of hydrogen-bond donors (Lipinski definition) is 2. The number of rotatable bonds is 15. The van der Waals surface area contributed by atoms with Crippen molar-refractivity contribution in [3.63, 3.8) is 0 Å². The minimum absolute atomic E-state index is 0.0792. The fraction of sp³-hybridized carbons (Fsp3) is 0.423. The average molecular weight is 472 g/mol. The van der Waals surface area contributed by atoms with Gasteiger partial charge in [-0.1, -0.05) is 69.2 Å². The monoisotopic (exact) mass is 471 g/mol. The van der Waals surface area contributed by atoms with Crippen LogP contribution in [0, 0.1) is 0 Å². The number of hydrogen-bond acceptors (Lipinski definition) is 4. The minimum Gasteiger partial charge on any atom is -0.489 e. The van der Waals surface area contributed by atoms with Gasteiger partial charge in [-0.2, -0.15) is 5.10 Å². The van der Waals surface area contributed by atoms with Crippen molar-refractivity contribution < 1.29 is 14.3 Å². The van der Waals surface area contributed by atoms with Crippen LogP contribution in [-0.2, 0) is 16.2 Å². The Balaban J connectivity index is 1.58. The Morgan fingerprint density at radius 3 is 2.27 bits per heavy atom. The molecule has 2 aromatic rings. The lowest BCUT2D eigenvalue weighted by molar-refractivity contribution is -0.126. The van der Waals surface area contributed by atoms with Crippen molar-refractivity contribution in [1.82, 2.24) is 10.7 Å². The van der Waals surface area contributed by atoms with Crippen LogP contribution in [0.2, 0.25) is 5.02 Å². The van der Waals surface area contributed by atoms with E-state index in [9.17, 15) is 9.59 Å². The lowest BCUT2D eigenvalue weighted by atomic mass is 10.1. The van der Waals surface area contributed by atoms with E-state index < -0.39 is 0 Å². The van der Waals surface area contributed by atoms with E-state index in [4.69, 9.17) is 16.3 Å². The van der Waals surface area contributed by atoms with Gasteiger partial charge in [0.1, 0.15) is 12.4 Å².